The van der Waals surface area contributed by atoms with Crippen molar-refractivity contribution in [1.29, 1.82) is 0 Å². The van der Waals surface area contributed by atoms with Crippen molar-refractivity contribution < 1.29 is 9.72 Å². The summed E-state index contributed by atoms with van der Waals surface area (Å²) in [6.07, 6.45) is 0. The monoisotopic (exact) mass is 370 g/mol. The summed E-state index contributed by atoms with van der Waals surface area (Å²) in [5, 5.41) is 11.5. The maximum Gasteiger partial charge on any atom is 0.269 e. The van der Waals surface area contributed by atoms with E-state index in [1.54, 1.807) is 19.2 Å². The molecule has 0 atom stereocenters. The molecule has 0 aliphatic carbocycles. The quantitative estimate of drug-likeness (QED) is 0.375. The summed E-state index contributed by atoms with van der Waals surface area (Å²) in [7, 11) is 1.66. The Balaban J connectivity index is 1.71. The number of non-ortho nitro benzene ring substituents is 1. The summed E-state index contributed by atoms with van der Waals surface area (Å²) in [6.45, 7) is 2.82. The van der Waals surface area contributed by atoms with Gasteiger partial charge in [-0.15, -0.1) is 0 Å². The lowest BCUT2D eigenvalue weighted by Gasteiger charge is -2.17. The smallest absolute Gasteiger partial charge is 0.269 e. The average Bonchev–Trinajstić information content (AvgIpc) is 3.03. The number of thioether (sulfide) groups is 1. The van der Waals surface area contributed by atoms with Crippen LogP contribution in [0, 0.1) is 10.1 Å². The molecular weight excluding hydrogens is 352 g/mol. The number of benzene rings is 2. The molecule has 0 saturated heterocycles. The Hall–Kier alpha value is -2.87. The van der Waals surface area contributed by atoms with Gasteiger partial charge in [0, 0.05) is 31.4 Å². The van der Waals surface area contributed by atoms with Crippen LogP contribution in [0.25, 0.3) is 11.0 Å². The van der Waals surface area contributed by atoms with Crippen molar-refractivity contribution >= 4 is 40.1 Å². The van der Waals surface area contributed by atoms with Crippen LogP contribution in [0.1, 0.15) is 6.92 Å². The first-order valence-corrected chi connectivity index (χ1v) is 9.09. The lowest BCUT2D eigenvalue weighted by atomic mass is 10.2. The SMILES string of the molecule is CCn1c(SCC(=O)N(C)c2ccc([N+](=O)[O-])cc2)nc2ccccc21. The van der Waals surface area contributed by atoms with Gasteiger partial charge in [0.1, 0.15) is 0 Å². The van der Waals surface area contributed by atoms with Crippen molar-refractivity contribution in [2.45, 2.75) is 18.6 Å². The number of nitro benzene ring substituents is 1. The molecule has 0 spiro atoms. The van der Waals surface area contributed by atoms with Gasteiger partial charge in [0.2, 0.25) is 5.91 Å². The Bertz CT molecular complexity index is 953. The number of para-hydroxylation sites is 2. The molecule has 2 aromatic carbocycles. The van der Waals surface area contributed by atoms with Gasteiger partial charge in [-0.25, -0.2) is 4.98 Å². The van der Waals surface area contributed by atoms with Gasteiger partial charge in [-0.2, -0.15) is 0 Å². The van der Waals surface area contributed by atoms with Gasteiger partial charge in [0.25, 0.3) is 5.69 Å². The normalized spacial score (nSPS) is 10.8. The van der Waals surface area contributed by atoms with Gasteiger partial charge >= 0.3 is 0 Å². The van der Waals surface area contributed by atoms with Crippen molar-refractivity contribution in [2.75, 3.05) is 17.7 Å². The van der Waals surface area contributed by atoms with E-state index in [-0.39, 0.29) is 17.3 Å². The fourth-order valence-electron chi connectivity index (χ4n) is 2.63. The highest BCUT2D eigenvalue weighted by molar-refractivity contribution is 7.99. The standard InChI is InChI=1S/C18H18N4O3S/c1-3-21-16-7-5-4-6-15(16)19-18(21)26-12-17(23)20(2)13-8-10-14(11-9-13)22(24)25/h4-11H,3,12H2,1-2H3. The molecule has 0 bridgehead atoms. The molecule has 3 rings (SSSR count). The third-order valence-corrected chi connectivity index (χ3v) is 5.04. The molecule has 0 N–H and O–H groups in total. The Morgan fingerprint density at radius 3 is 2.58 bits per heavy atom. The van der Waals surface area contributed by atoms with E-state index < -0.39 is 4.92 Å². The van der Waals surface area contributed by atoms with Crippen LogP contribution in [0.2, 0.25) is 0 Å². The Morgan fingerprint density at radius 1 is 1.23 bits per heavy atom. The number of hydrogen-bond acceptors (Lipinski definition) is 5. The summed E-state index contributed by atoms with van der Waals surface area (Å²) < 4.78 is 2.08. The van der Waals surface area contributed by atoms with Crippen molar-refractivity contribution in [3.05, 3.63) is 58.6 Å². The first-order valence-electron chi connectivity index (χ1n) is 8.10. The number of carbonyl (C=O) groups is 1. The zero-order chi connectivity index (χ0) is 18.7. The maximum absolute atomic E-state index is 12.5. The van der Waals surface area contributed by atoms with E-state index in [4.69, 9.17) is 0 Å². The number of nitrogens with zero attached hydrogens (tertiary/aromatic N) is 4. The van der Waals surface area contributed by atoms with Crippen molar-refractivity contribution in [3.63, 3.8) is 0 Å². The highest BCUT2D eigenvalue weighted by Gasteiger charge is 2.16. The highest BCUT2D eigenvalue weighted by Crippen LogP contribution is 2.25. The molecule has 134 valence electrons. The van der Waals surface area contributed by atoms with Gasteiger partial charge in [-0.1, -0.05) is 23.9 Å². The fraction of sp³-hybridized carbons (Fsp3) is 0.222. The number of amides is 1. The van der Waals surface area contributed by atoms with Crippen LogP contribution in [-0.4, -0.2) is 33.2 Å². The predicted molar refractivity (Wildman–Crippen MR) is 103 cm³/mol. The number of imidazole rings is 1. The molecule has 1 heterocycles. The van der Waals surface area contributed by atoms with Gasteiger partial charge in [-0.3, -0.25) is 14.9 Å². The molecule has 0 aliphatic rings. The lowest BCUT2D eigenvalue weighted by molar-refractivity contribution is -0.384. The number of carbonyl (C=O) groups excluding carboxylic acids is 1. The summed E-state index contributed by atoms with van der Waals surface area (Å²) in [4.78, 5) is 28.8. The minimum absolute atomic E-state index is 0.000590. The highest BCUT2D eigenvalue weighted by atomic mass is 32.2. The second-order valence-electron chi connectivity index (χ2n) is 5.64. The molecule has 26 heavy (non-hydrogen) atoms. The molecule has 1 aromatic heterocycles. The first-order chi connectivity index (χ1) is 12.5. The molecule has 0 aliphatic heterocycles. The molecule has 0 fully saturated rings. The van der Waals surface area contributed by atoms with Crippen molar-refractivity contribution in [3.8, 4) is 0 Å². The first kappa shape index (κ1) is 17.9. The van der Waals surface area contributed by atoms with Crippen LogP contribution in [0.4, 0.5) is 11.4 Å². The van der Waals surface area contributed by atoms with E-state index in [9.17, 15) is 14.9 Å². The molecule has 1 amide bonds. The topological polar surface area (TPSA) is 81.3 Å². The number of rotatable bonds is 6. The number of nitro groups is 1. The molecule has 0 unspecified atom stereocenters. The summed E-state index contributed by atoms with van der Waals surface area (Å²) in [5.41, 5.74) is 2.58. The molecule has 7 nitrogen and oxygen atoms in total. The van der Waals surface area contributed by atoms with Crippen LogP contribution in [0.3, 0.4) is 0 Å². The van der Waals surface area contributed by atoms with E-state index in [0.717, 1.165) is 22.7 Å². The van der Waals surface area contributed by atoms with Gasteiger partial charge in [0.15, 0.2) is 5.16 Å². The van der Waals surface area contributed by atoms with E-state index in [1.165, 1.54) is 28.8 Å². The summed E-state index contributed by atoms with van der Waals surface area (Å²) in [6, 6.07) is 13.8. The molecule has 0 saturated carbocycles. The minimum atomic E-state index is -0.462. The third kappa shape index (κ3) is 3.55. The van der Waals surface area contributed by atoms with Crippen LogP contribution in [-0.2, 0) is 11.3 Å². The van der Waals surface area contributed by atoms with Gasteiger partial charge in [-0.05, 0) is 31.2 Å². The second-order valence-corrected chi connectivity index (χ2v) is 6.58. The second kappa shape index (κ2) is 7.57. The molecular formula is C18H18N4O3S. The number of hydrogen-bond donors (Lipinski definition) is 0. The van der Waals surface area contributed by atoms with Crippen molar-refractivity contribution in [1.82, 2.24) is 9.55 Å². The predicted octanol–water partition coefficient (Wildman–Crippen LogP) is 3.72. The van der Waals surface area contributed by atoms with Crippen LogP contribution < -0.4 is 4.90 Å². The van der Waals surface area contributed by atoms with Crippen molar-refractivity contribution in [2.24, 2.45) is 0 Å². The third-order valence-electron chi connectivity index (χ3n) is 4.08. The van der Waals surface area contributed by atoms with Gasteiger partial charge in [0.05, 0.1) is 21.7 Å². The number of aryl methyl sites for hydroxylation is 1. The minimum Gasteiger partial charge on any atom is -0.319 e. The lowest BCUT2D eigenvalue weighted by Crippen LogP contribution is -2.28. The summed E-state index contributed by atoms with van der Waals surface area (Å²) >= 11 is 1.39. The maximum atomic E-state index is 12.5. The van der Waals surface area contributed by atoms with E-state index in [1.807, 2.05) is 31.2 Å². The fourth-order valence-corrected chi connectivity index (χ4v) is 3.63. The van der Waals surface area contributed by atoms with Crippen LogP contribution in [0.5, 0.6) is 0 Å². The zero-order valence-corrected chi connectivity index (χ0v) is 15.3. The molecule has 8 heteroatoms. The largest absolute Gasteiger partial charge is 0.319 e. The number of aromatic nitrogens is 2. The summed E-state index contributed by atoms with van der Waals surface area (Å²) in [5.74, 6) is 0.134. The Kier molecular flexibility index (Phi) is 5.22. The molecule has 3 aromatic rings. The molecule has 0 radical (unpaired) electrons. The number of anilines is 1. The van der Waals surface area contributed by atoms with E-state index in [2.05, 4.69) is 9.55 Å². The zero-order valence-electron chi connectivity index (χ0n) is 14.5. The van der Waals surface area contributed by atoms with Crippen LogP contribution in [0.15, 0.2) is 53.7 Å². The Labute approximate surface area is 154 Å². The average molecular weight is 370 g/mol. The Morgan fingerprint density at radius 2 is 1.92 bits per heavy atom. The van der Waals surface area contributed by atoms with E-state index >= 15 is 0 Å². The van der Waals surface area contributed by atoms with Gasteiger partial charge < -0.3 is 9.47 Å². The number of fused-ring (bicyclic) bond motifs is 1. The van der Waals surface area contributed by atoms with Crippen LogP contribution >= 0.6 is 11.8 Å². The van der Waals surface area contributed by atoms with E-state index in [0.29, 0.717) is 5.69 Å².